The summed E-state index contributed by atoms with van der Waals surface area (Å²) in [7, 11) is 1.24. The zero-order valence-corrected chi connectivity index (χ0v) is 13.2. The molecule has 0 saturated heterocycles. The van der Waals surface area contributed by atoms with Gasteiger partial charge in [-0.1, -0.05) is 60.1 Å². The summed E-state index contributed by atoms with van der Waals surface area (Å²) in [5.41, 5.74) is 1.22. The quantitative estimate of drug-likeness (QED) is 0.618. The Morgan fingerprint density at radius 2 is 1.70 bits per heavy atom. The van der Waals surface area contributed by atoms with Crippen LogP contribution in [0.1, 0.15) is 17.2 Å². The van der Waals surface area contributed by atoms with Gasteiger partial charge in [0.25, 0.3) is 0 Å². The standard InChI is InChI=1S/C18H15ClO4/c1-22-18(21)17(14-8-3-2-4-9-14)23-16(20)12-11-13-7-5-6-10-15(13)19/h2-12,17H,1H3/b12-11+. The van der Waals surface area contributed by atoms with E-state index in [1.807, 2.05) is 0 Å². The Morgan fingerprint density at radius 1 is 1.04 bits per heavy atom. The summed E-state index contributed by atoms with van der Waals surface area (Å²) >= 11 is 6.00. The summed E-state index contributed by atoms with van der Waals surface area (Å²) in [6, 6.07) is 15.8. The van der Waals surface area contributed by atoms with Gasteiger partial charge in [-0.2, -0.15) is 0 Å². The van der Waals surface area contributed by atoms with Crippen LogP contribution >= 0.6 is 11.6 Å². The number of carbonyl (C=O) groups excluding carboxylic acids is 2. The van der Waals surface area contributed by atoms with E-state index >= 15 is 0 Å². The SMILES string of the molecule is COC(=O)C(OC(=O)/C=C/c1ccccc1Cl)c1ccccc1. The molecule has 0 N–H and O–H groups in total. The molecule has 0 saturated carbocycles. The van der Waals surface area contributed by atoms with Gasteiger partial charge in [0.15, 0.2) is 0 Å². The number of rotatable bonds is 5. The minimum absolute atomic E-state index is 0.518. The van der Waals surface area contributed by atoms with Gasteiger partial charge < -0.3 is 9.47 Å². The van der Waals surface area contributed by atoms with Crippen LogP contribution in [0.4, 0.5) is 0 Å². The first kappa shape index (κ1) is 16.8. The number of esters is 2. The molecule has 0 spiro atoms. The zero-order valence-electron chi connectivity index (χ0n) is 12.4. The molecule has 0 radical (unpaired) electrons. The van der Waals surface area contributed by atoms with Crippen molar-refractivity contribution in [3.8, 4) is 0 Å². The van der Waals surface area contributed by atoms with Crippen molar-refractivity contribution in [1.29, 1.82) is 0 Å². The van der Waals surface area contributed by atoms with Crippen molar-refractivity contribution in [3.05, 3.63) is 76.8 Å². The van der Waals surface area contributed by atoms with Crippen LogP contribution < -0.4 is 0 Å². The Hall–Kier alpha value is -2.59. The second-order valence-electron chi connectivity index (χ2n) is 4.61. The Bertz CT molecular complexity index is 710. The van der Waals surface area contributed by atoms with E-state index in [0.717, 1.165) is 0 Å². The Balaban J connectivity index is 2.12. The molecule has 23 heavy (non-hydrogen) atoms. The average Bonchev–Trinajstić information content (AvgIpc) is 2.59. The lowest BCUT2D eigenvalue weighted by molar-refractivity contribution is -0.163. The fourth-order valence-corrected chi connectivity index (χ4v) is 2.11. The molecule has 1 unspecified atom stereocenters. The number of ether oxygens (including phenoxy) is 2. The van der Waals surface area contributed by atoms with Crippen LogP contribution in [-0.2, 0) is 19.1 Å². The predicted molar refractivity (Wildman–Crippen MR) is 87.8 cm³/mol. The third-order valence-corrected chi connectivity index (χ3v) is 3.40. The number of halogens is 1. The maximum atomic E-state index is 12.0. The minimum atomic E-state index is -1.11. The summed E-state index contributed by atoms with van der Waals surface area (Å²) < 4.78 is 9.90. The van der Waals surface area contributed by atoms with E-state index in [2.05, 4.69) is 4.74 Å². The molecule has 0 heterocycles. The highest BCUT2D eigenvalue weighted by atomic mass is 35.5. The smallest absolute Gasteiger partial charge is 0.351 e. The number of benzene rings is 2. The lowest BCUT2D eigenvalue weighted by atomic mass is 10.1. The number of methoxy groups -OCH3 is 1. The molecule has 2 rings (SSSR count). The van der Waals surface area contributed by atoms with Crippen LogP contribution in [-0.4, -0.2) is 19.0 Å². The van der Waals surface area contributed by atoms with Crippen molar-refractivity contribution in [2.75, 3.05) is 7.11 Å². The molecule has 1 atom stereocenters. The zero-order chi connectivity index (χ0) is 16.7. The fraction of sp³-hybridized carbons (Fsp3) is 0.111. The maximum Gasteiger partial charge on any atom is 0.351 e. The summed E-state index contributed by atoms with van der Waals surface area (Å²) in [6.45, 7) is 0. The molecular weight excluding hydrogens is 316 g/mol. The van der Waals surface area contributed by atoms with Crippen molar-refractivity contribution in [2.45, 2.75) is 6.10 Å². The van der Waals surface area contributed by atoms with Gasteiger partial charge in [-0.15, -0.1) is 0 Å². The third-order valence-electron chi connectivity index (χ3n) is 3.06. The highest BCUT2D eigenvalue weighted by Gasteiger charge is 2.24. The molecule has 0 aliphatic rings. The number of hydrogen-bond acceptors (Lipinski definition) is 4. The summed E-state index contributed by atoms with van der Waals surface area (Å²) in [4.78, 5) is 23.8. The Labute approximate surface area is 139 Å². The van der Waals surface area contributed by atoms with E-state index in [0.29, 0.717) is 16.1 Å². The van der Waals surface area contributed by atoms with Crippen LogP contribution in [0, 0.1) is 0 Å². The molecule has 0 aromatic heterocycles. The van der Waals surface area contributed by atoms with Crippen LogP contribution in [0.5, 0.6) is 0 Å². The molecule has 5 heteroatoms. The maximum absolute atomic E-state index is 12.0. The van der Waals surface area contributed by atoms with Crippen LogP contribution in [0.3, 0.4) is 0 Å². The molecular formula is C18H15ClO4. The average molecular weight is 331 g/mol. The van der Waals surface area contributed by atoms with Gasteiger partial charge in [0.2, 0.25) is 6.10 Å². The van der Waals surface area contributed by atoms with Gasteiger partial charge in [0, 0.05) is 16.7 Å². The summed E-state index contributed by atoms with van der Waals surface area (Å²) in [6.07, 6.45) is 1.65. The van der Waals surface area contributed by atoms with E-state index in [1.54, 1.807) is 54.6 Å². The van der Waals surface area contributed by atoms with Crippen molar-refractivity contribution in [3.63, 3.8) is 0 Å². The monoisotopic (exact) mass is 330 g/mol. The van der Waals surface area contributed by atoms with E-state index < -0.39 is 18.0 Å². The van der Waals surface area contributed by atoms with Gasteiger partial charge in [-0.05, 0) is 17.7 Å². The number of hydrogen-bond donors (Lipinski definition) is 0. The van der Waals surface area contributed by atoms with Crippen molar-refractivity contribution < 1.29 is 19.1 Å². The van der Waals surface area contributed by atoms with Crippen LogP contribution in [0.2, 0.25) is 5.02 Å². The Morgan fingerprint density at radius 3 is 2.35 bits per heavy atom. The van der Waals surface area contributed by atoms with E-state index in [1.165, 1.54) is 19.3 Å². The summed E-state index contributed by atoms with van der Waals surface area (Å²) in [5.74, 6) is -1.31. The van der Waals surface area contributed by atoms with Gasteiger partial charge in [0.1, 0.15) is 0 Å². The van der Waals surface area contributed by atoms with Crippen molar-refractivity contribution >= 4 is 29.6 Å². The topological polar surface area (TPSA) is 52.6 Å². The fourth-order valence-electron chi connectivity index (χ4n) is 1.91. The first-order valence-corrected chi connectivity index (χ1v) is 7.25. The van der Waals surface area contributed by atoms with Gasteiger partial charge in [-0.25, -0.2) is 9.59 Å². The normalized spacial score (nSPS) is 11.9. The largest absolute Gasteiger partial charge is 0.466 e. The number of carbonyl (C=O) groups is 2. The first-order chi connectivity index (χ1) is 11.1. The van der Waals surface area contributed by atoms with Gasteiger partial charge >= 0.3 is 11.9 Å². The molecule has 2 aromatic carbocycles. The second kappa shape index (κ2) is 8.15. The molecule has 0 amide bonds. The van der Waals surface area contributed by atoms with Crippen LogP contribution in [0.15, 0.2) is 60.7 Å². The molecule has 118 valence electrons. The van der Waals surface area contributed by atoms with Crippen molar-refractivity contribution in [2.24, 2.45) is 0 Å². The molecule has 0 bridgehead atoms. The van der Waals surface area contributed by atoms with E-state index in [9.17, 15) is 9.59 Å². The second-order valence-corrected chi connectivity index (χ2v) is 5.01. The highest BCUT2D eigenvalue weighted by Crippen LogP contribution is 2.20. The van der Waals surface area contributed by atoms with Gasteiger partial charge in [0.05, 0.1) is 7.11 Å². The molecule has 0 fully saturated rings. The summed E-state index contributed by atoms with van der Waals surface area (Å²) in [5, 5.41) is 0.518. The lowest BCUT2D eigenvalue weighted by Gasteiger charge is -2.14. The third kappa shape index (κ3) is 4.69. The highest BCUT2D eigenvalue weighted by molar-refractivity contribution is 6.32. The minimum Gasteiger partial charge on any atom is -0.466 e. The lowest BCUT2D eigenvalue weighted by Crippen LogP contribution is -2.20. The molecule has 2 aromatic rings. The first-order valence-electron chi connectivity index (χ1n) is 6.88. The molecule has 0 aliphatic carbocycles. The molecule has 0 aliphatic heterocycles. The predicted octanol–water partition coefficient (Wildman–Crippen LogP) is 3.81. The van der Waals surface area contributed by atoms with Crippen molar-refractivity contribution in [1.82, 2.24) is 0 Å². The Kier molecular flexibility index (Phi) is 5.94. The van der Waals surface area contributed by atoms with E-state index in [4.69, 9.17) is 16.3 Å². The van der Waals surface area contributed by atoms with E-state index in [-0.39, 0.29) is 0 Å². The van der Waals surface area contributed by atoms with Crippen LogP contribution in [0.25, 0.3) is 6.08 Å². The molecule has 4 nitrogen and oxygen atoms in total. The van der Waals surface area contributed by atoms with Gasteiger partial charge in [-0.3, -0.25) is 0 Å².